The summed E-state index contributed by atoms with van der Waals surface area (Å²) in [7, 11) is 0. The lowest BCUT2D eigenvalue weighted by Crippen LogP contribution is -2.46. The van der Waals surface area contributed by atoms with E-state index in [1.165, 1.54) is 17.7 Å². The molecule has 0 aromatic heterocycles. The summed E-state index contributed by atoms with van der Waals surface area (Å²) >= 11 is 0. The van der Waals surface area contributed by atoms with Crippen LogP contribution in [-0.2, 0) is 27.4 Å². The van der Waals surface area contributed by atoms with E-state index in [9.17, 15) is 9.59 Å². The Morgan fingerprint density at radius 2 is 1.69 bits per heavy atom. The minimum Gasteiger partial charge on any atom is -0.447 e. The van der Waals surface area contributed by atoms with Gasteiger partial charge in [0.2, 0.25) is 5.91 Å². The molecule has 4 rings (SSSR count). The zero-order chi connectivity index (χ0) is 22.2. The van der Waals surface area contributed by atoms with Crippen molar-refractivity contribution in [1.82, 2.24) is 10.4 Å². The first-order valence-corrected chi connectivity index (χ1v) is 11.6. The Hall–Kier alpha value is -2.70. The van der Waals surface area contributed by atoms with Gasteiger partial charge < -0.3 is 4.74 Å². The van der Waals surface area contributed by atoms with Crippen LogP contribution in [0.2, 0.25) is 0 Å². The van der Waals surface area contributed by atoms with Crippen molar-refractivity contribution in [2.24, 2.45) is 11.8 Å². The third-order valence-electron chi connectivity index (χ3n) is 6.47. The molecule has 0 bridgehead atoms. The van der Waals surface area contributed by atoms with E-state index in [1.807, 2.05) is 60.7 Å². The van der Waals surface area contributed by atoms with E-state index >= 15 is 0 Å². The molecule has 1 heterocycles. The molecule has 1 saturated heterocycles. The predicted octanol–water partition coefficient (Wildman–Crippen LogP) is 4.49. The molecule has 1 saturated carbocycles. The summed E-state index contributed by atoms with van der Waals surface area (Å²) in [4.78, 5) is 33.0. The highest BCUT2D eigenvalue weighted by Gasteiger charge is 2.41. The Morgan fingerprint density at radius 1 is 1.03 bits per heavy atom. The van der Waals surface area contributed by atoms with Crippen LogP contribution >= 0.6 is 0 Å². The van der Waals surface area contributed by atoms with Crippen molar-refractivity contribution >= 4 is 12.0 Å². The van der Waals surface area contributed by atoms with Crippen molar-refractivity contribution in [3.05, 3.63) is 71.8 Å². The van der Waals surface area contributed by atoms with E-state index in [1.54, 1.807) is 0 Å². The van der Waals surface area contributed by atoms with Gasteiger partial charge in [0.25, 0.3) is 0 Å². The van der Waals surface area contributed by atoms with E-state index in [2.05, 4.69) is 5.48 Å². The number of amides is 2. The Morgan fingerprint density at radius 3 is 2.38 bits per heavy atom. The van der Waals surface area contributed by atoms with Gasteiger partial charge in [-0.3, -0.25) is 9.63 Å². The molecule has 2 aliphatic rings. The first kappa shape index (κ1) is 22.5. The molecule has 1 aliphatic carbocycles. The Balaban J connectivity index is 1.39. The van der Waals surface area contributed by atoms with E-state index in [0.717, 1.165) is 30.4 Å². The molecule has 1 N–H and O–H groups in total. The van der Waals surface area contributed by atoms with E-state index in [4.69, 9.17) is 9.57 Å². The van der Waals surface area contributed by atoms with Gasteiger partial charge in [0.15, 0.2) is 0 Å². The lowest BCUT2D eigenvalue weighted by atomic mass is 9.91. The maximum Gasteiger partial charge on any atom is 0.416 e. The monoisotopic (exact) mass is 436 g/mol. The second-order valence-electron chi connectivity index (χ2n) is 8.83. The van der Waals surface area contributed by atoms with Crippen LogP contribution in [0.25, 0.3) is 0 Å². The minimum atomic E-state index is -0.530. The third-order valence-corrected chi connectivity index (χ3v) is 6.47. The Bertz CT molecular complexity index is 868. The van der Waals surface area contributed by atoms with Crippen LogP contribution in [0.1, 0.15) is 43.2 Å². The standard InChI is InChI=1S/C26H32N2O4/c29-25(28-24(19-31-26(28)30)16-21-9-3-1-4-10-21)23(15-20-11-7-8-12-20)17-27-32-18-22-13-5-2-6-14-22/h1-6,9-10,13-14,20,23-24,27H,7-8,11-12,15-19H2/t23-,24+/m1/s1. The molecule has 0 radical (unpaired) electrons. The fourth-order valence-electron chi connectivity index (χ4n) is 4.75. The van der Waals surface area contributed by atoms with Gasteiger partial charge in [0.05, 0.1) is 18.6 Å². The average molecular weight is 437 g/mol. The van der Waals surface area contributed by atoms with Crippen LogP contribution in [-0.4, -0.2) is 36.1 Å². The van der Waals surface area contributed by atoms with Gasteiger partial charge in [-0.05, 0) is 29.9 Å². The van der Waals surface area contributed by atoms with E-state index < -0.39 is 6.09 Å². The molecule has 0 spiro atoms. The number of rotatable bonds is 10. The molecular formula is C26H32N2O4. The number of hydroxylamine groups is 1. The molecule has 2 amide bonds. The van der Waals surface area contributed by atoms with E-state index in [-0.39, 0.29) is 24.5 Å². The normalized spacial score (nSPS) is 19.8. The van der Waals surface area contributed by atoms with Crippen LogP contribution in [0.3, 0.4) is 0 Å². The van der Waals surface area contributed by atoms with Crippen molar-refractivity contribution in [2.75, 3.05) is 13.2 Å². The molecule has 1 aliphatic heterocycles. The number of hydrogen-bond acceptors (Lipinski definition) is 5. The first-order valence-electron chi connectivity index (χ1n) is 11.6. The maximum absolute atomic E-state index is 13.5. The molecule has 170 valence electrons. The van der Waals surface area contributed by atoms with Crippen LogP contribution < -0.4 is 5.48 Å². The number of hydrogen-bond donors (Lipinski definition) is 1. The third kappa shape index (κ3) is 5.96. The topological polar surface area (TPSA) is 67.9 Å². The number of nitrogens with zero attached hydrogens (tertiary/aromatic N) is 1. The summed E-state index contributed by atoms with van der Waals surface area (Å²) in [6, 6.07) is 19.6. The lowest BCUT2D eigenvalue weighted by molar-refractivity contribution is -0.135. The van der Waals surface area contributed by atoms with Gasteiger partial charge in [-0.1, -0.05) is 86.3 Å². The molecule has 2 fully saturated rings. The molecule has 6 nitrogen and oxygen atoms in total. The molecule has 32 heavy (non-hydrogen) atoms. The molecule has 2 aromatic rings. The zero-order valence-electron chi connectivity index (χ0n) is 18.4. The van der Waals surface area contributed by atoms with Crippen LogP contribution in [0.15, 0.2) is 60.7 Å². The maximum atomic E-state index is 13.5. The highest BCUT2D eigenvalue weighted by molar-refractivity contribution is 5.95. The number of benzene rings is 2. The number of ether oxygens (including phenoxy) is 1. The summed E-state index contributed by atoms with van der Waals surface area (Å²) in [6.07, 6.45) is 5.56. The summed E-state index contributed by atoms with van der Waals surface area (Å²) in [5.41, 5.74) is 5.14. The minimum absolute atomic E-state index is 0.156. The van der Waals surface area contributed by atoms with E-state index in [0.29, 0.717) is 25.5 Å². The summed E-state index contributed by atoms with van der Waals surface area (Å²) in [5, 5.41) is 0. The predicted molar refractivity (Wildman–Crippen MR) is 121 cm³/mol. The smallest absolute Gasteiger partial charge is 0.416 e. The average Bonchev–Trinajstić information content (AvgIpc) is 3.46. The van der Waals surface area contributed by atoms with Gasteiger partial charge >= 0.3 is 6.09 Å². The molecule has 2 aromatic carbocycles. The number of nitrogens with one attached hydrogen (secondary N) is 1. The molecule has 2 atom stereocenters. The highest BCUT2D eigenvalue weighted by atomic mass is 16.6. The van der Waals surface area contributed by atoms with Crippen molar-refractivity contribution in [2.45, 2.75) is 51.2 Å². The van der Waals surface area contributed by atoms with Crippen LogP contribution in [0.5, 0.6) is 0 Å². The van der Waals surface area contributed by atoms with Gasteiger partial charge in [-0.15, -0.1) is 0 Å². The van der Waals surface area contributed by atoms with Gasteiger partial charge in [-0.2, -0.15) is 0 Å². The molecular weight excluding hydrogens is 404 g/mol. The van der Waals surface area contributed by atoms with Crippen molar-refractivity contribution in [3.63, 3.8) is 0 Å². The number of imide groups is 1. The zero-order valence-corrected chi connectivity index (χ0v) is 18.4. The lowest BCUT2D eigenvalue weighted by Gasteiger charge is -2.26. The van der Waals surface area contributed by atoms with Crippen LogP contribution in [0.4, 0.5) is 4.79 Å². The SMILES string of the molecule is O=C1OC[C@H](Cc2ccccc2)N1C(=O)[C@@H](CNOCc1ccccc1)CC1CCCC1. The van der Waals surface area contributed by atoms with Crippen LogP contribution in [0, 0.1) is 11.8 Å². The number of carbonyl (C=O) groups is 2. The Labute approximate surface area is 189 Å². The van der Waals surface area contributed by atoms with Crippen molar-refractivity contribution in [1.29, 1.82) is 0 Å². The highest BCUT2D eigenvalue weighted by Crippen LogP contribution is 2.32. The summed E-state index contributed by atoms with van der Waals surface area (Å²) in [5.74, 6) is 0.0417. The second kappa shape index (κ2) is 11.2. The summed E-state index contributed by atoms with van der Waals surface area (Å²) in [6.45, 7) is 1.05. The molecule has 0 unspecified atom stereocenters. The number of cyclic esters (lactones) is 1. The van der Waals surface area contributed by atoms with Crippen molar-refractivity contribution in [3.8, 4) is 0 Å². The van der Waals surface area contributed by atoms with Crippen molar-refractivity contribution < 1.29 is 19.2 Å². The Kier molecular flexibility index (Phi) is 7.91. The summed E-state index contributed by atoms with van der Waals surface area (Å²) < 4.78 is 5.29. The van der Waals surface area contributed by atoms with Gasteiger partial charge in [-0.25, -0.2) is 15.2 Å². The fraction of sp³-hybridized carbons (Fsp3) is 0.462. The van der Waals surface area contributed by atoms with Gasteiger partial charge in [0.1, 0.15) is 6.61 Å². The van der Waals surface area contributed by atoms with Gasteiger partial charge in [0, 0.05) is 6.54 Å². The molecule has 6 heteroatoms. The first-order chi connectivity index (χ1) is 15.7. The fourth-order valence-corrected chi connectivity index (χ4v) is 4.75. The largest absolute Gasteiger partial charge is 0.447 e. The quantitative estimate of drug-likeness (QED) is 0.439. The number of carbonyl (C=O) groups excluding carboxylic acids is 2. The second-order valence-corrected chi connectivity index (χ2v) is 8.83.